The van der Waals surface area contributed by atoms with Gasteiger partial charge in [0.05, 0.1) is 16.7 Å². The Morgan fingerprint density at radius 2 is 1.79 bits per heavy atom. The van der Waals surface area contributed by atoms with E-state index in [4.69, 9.17) is 14.8 Å². The fourth-order valence-electron chi connectivity index (χ4n) is 6.79. The van der Waals surface area contributed by atoms with Gasteiger partial charge in [-0.25, -0.2) is 9.97 Å². The number of benzene rings is 1. The fraction of sp³-hybridized carbons (Fsp3) is 0.486. The van der Waals surface area contributed by atoms with Crippen molar-refractivity contribution in [3.8, 4) is 11.5 Å². The topological polar surface area (TPSA) is 73.0 Å². The molecule has 7 heteroatoms. The van der Waals surface area contributed by atoms with Crippen LogP contribution in [0.25, 0.3) is 33.6 Å². The van der Waals surface area contributed by atoms with Crippen LogP contribution in [0.4, 0.5) is 0 Å². The number of imidazole rings is 1. The van der Waals surface area contributed by atoms with Crippen LogP contribution in [0.1, 0.15) is 75.7 Å². The smallest absolute Gasteiger partial charge is 0.254 e. The van der Waals surface area contributed by atoms with Crippen LogP contribution in [0, 0.1) is 24.7 Å². The summed E-state index contributed by atoms with van der Waals surface area (Å²) in [6.07, 6.45) is 8.02. The Hall–Kier alpha value is -3.74. The summed E-state index contributed by atoms with van der Waals surface area (Å²) in [5.74, 6) is 3.28. The van der Waals surface area contributed by atoms with Crippen molar-refractivity contribution in [2.24, 2.45) is 17.8 Å². The van der Waals surface area contributed by atoms with E-state index in [1.54, 1.807) is 0 Å². The molecule has 1 amide bonds. The molecule has 0 N–H and O–H groups in total. The first-order valence-electron chi connectivity index (χ1n) is 15.6. The van der Waals surface area contributed by atoms with Crippen molar-refractivity contribution in [1.29, 1.82) is 0 Å². The normalized spacial score (nSPS) is 20.4. The summed E-state index contributed by atoms with van der Waals surface area (Å²) >= 11 is 0. The molecular formula is C35H47N5O2. The van der Waals surface area contributed by atoms with Crippen LogP contribution < -0.4 is 0 Å². The lowest BCUT2D eigenvalue weighted by Crippen LogP contribution is -2.36. The predicted octanol–water partition coefficient (Wildman–Crippen LogP) is 7.70. The van der Waals surface area contributed by atoms with Crippen molar-refractivity contribution in [2.45, 2.75) is 85.9 Å². The minimum Gasteiger partial charge on any atom is -0.335 e. The average molecular weight is 570 g/mol. The van der Waals surface area contributed by atoms with Crippen LogP contribution in [0.2, 0.25) is 0 Å². The molecule has 0 bridgehead atoms. The number of likely N-dealkylation sites (tertiary alicyclic amines) is 1. The molecule has 0 spiro atoms. The summed E-state index contributed by atoms with van der Waals surface area (Å²) in [6, 6.07) is 10.9. The number of aryl methyl sites for hydroxylation is 2. The zero-order chi connectivity index (χ0) is 30.6. The number of rotatable bonds is 6. The Morgan fingerprint density at radius 1 is 1.05 bits per heavy atom. The van der Waals surface area contributed by atoms with Gasteiger partial charge >= 0.3 is 0 Å². The number of hydrogen-bond donors (Lipinski definition) is 0. The van der Waals surface area contributed by atoms with Crippen LogP contribution in [-0.2, 0) is 17.9 Å². The summed E-state index contributed by atoms with van der Waals surface area (Å²) in [5.41, 5.74) is 6.15. The highest BCUT2D eigenvalue weighted by molar-refractivity contribution is 5.99. The van der Waals surface area contributed by atoms with Crippen molar-refractivity contribution < 1.29 is 9.59 Å². The van der Waals surface area contributed by atoms with E-state index in [0.29, 0.717) is 17.9 Å². The molecule has 7 rings (SSSR count). The van der Waals surface area contributed by atoms with Gasteiger partial charge in [-0.3, -0.25) is 4.79 Å². The number of carbonyl (C=O) groups excluding carboxylic acids is 2. The molecule has 42 heavy (non-hydrogen) atoms. The average Bonchev–Trinajstić information content (AvgIpc) is 3.59. The SMILES string of the molecule is C=C.C=O.CC.CCCn1c(-c2cc3cccnc3n2CC2CC2)nc2cc(C(=O)N3CC4CCC4C3C)cc(C)c21. The van der Waals surface area contributed by atoms with E-state index in [0.717, 1.165) is 76.7 Å². The Bertz CT molecular complexity index is 1530. The molecular weight excluding hydrogens is 522 g/mol. The molecule has 3 unspecified atom stereocenters. The van der Waals surface area contributed by atoms with Crippen LogP contribution >= 0.6 is 0 Å². The lowest BCUT2D eigenvalue weighted by Gasteiger charge is -2.31. The molecule has 3 fully saturated rings. The second-order valence-electron chi connectivity index (χ2n) is 11.4. The lowest BCUT2D eigenvalue weighted by molar-refractivity contribution is -0.0980. The van der Waals surface area contributed by atoms with E-state index in [1.165, 1.54) is 25.7 Å². The van der Waals surface area contributed by atoms with E-state index in [9.17, 15) is 4.79 Å². The highest BCUT2D eigenvalue weighted by atomic mass is 16.2. The van der Waals surface area contributed by atoms with E-state index < -0.39 is 0 Å². The van der Waals surface area contributed by atoms with E-state index in [-0.39, 0.29) is 5.91 Å². The molecule has 1 saturated heterocycles. The van der Waals surface area contributed by atoms with E-state index in [1.807, 2.05) is 39.0 Å². The first kappa shape index (κ1) is 31.2. The number of fused-ring (bicyclic) bond motifs is 3. The molecule has 2 saturated carbocycles. The number of hydrogen-bond acceptors (Lipinski definition) is 4. The maximum Gasteiger partial charge on any atom is 0.254 e. The summed E-state index contributed by atoms with van der Waals surface area (Å²) in [4.78, 5) is 33.7. The van der Waals surface area contributed by atoms with Gasteiger partial charge in [0.15, 0.2) is 5.82 Å². The molecule has 0 radical (unpaired) electrons. The molecule has 3 aliphatic rings. The van der Waals surface area contributed by atoms with E-state index in [2.05, 4.69) is 66.2 Å². The highest BCUT2D eigenvalue weighted by Crippen LogP contribution is 2.45. The van der Waals surface area contributed by atoms with Crippen molar-refractivity contribution in [3.63, 3.8) is 0 Å². The largest absolute Gasteiger partial charge is 0.335 e. The molecule has 2 aliphatic carbocycles. The first-order valence-corrected chi connectivity index (χ1v) is 15.6. The second-order valence-corrected chi connectivity index (χ2v) is 11.4. The van der Waals surface area contributed by atoms with Crippen molar-refractivity contribution >= 4 is 34.8 Å². The predicted molar refractivity (Wildman–Crippen MR) is 173 cm³/mol. The zero-order valence-electron chi connectivity index (χ0n) is 26.1. The van der Waals surface area contributed by atoms with Crippen LogP contribution in [0.3, 0.4) is 0 Å². The second kappa shape index (κ2) is 13.5. The minimum atomic E-state index is 0.167. The lowest BCUT2D eigenvalue weighted by atomic mass is 9.73. The van der Waals surface area contributed by atoms with Gasteiger partial charge in [0.25, 0.3) is 5.91 Å². The fourth-order valence-corrected chi connectivity index (χ4v) is 6.79. The zero-order valence-corrected chi connectivity index (χ0v) is 26.1. The van der Waals surface area contributed by atoms with Crippen LogP contribution in [-0.4, -0.2) is 49.3 Å². The number of nitrogens with zero attached hydrogens (tertiary/aromatic N) is 5. The number of aromatic nitrogens is 4. The Balaban J connectivity index is 0.000000637. The summed E-state index contributed by atoms with van der Waals surface area (Å²) < 4.78 is 4.75. The molecule has 4 heterocycles. The Kier molecular flexibility index (Phi) is 10.0. The third-order valence-electron chi connectivity index (χ3n) is 9.03. The highest BCUT2D eigenvalue weighted by Gasteiger charge is 2.46. The van der Waals surface area contributed by atoms with Gasteiger partial charge in [-0.05, 0) is 99.6 Å². The third kappa shape index (κ3) is 5.53. The maximum absolute atomic E-state index is 13.6. The molecule has 1 aliphatic heterocycles. The van der Waals surface area contributed by atoms with Gasteiger partial charge < -0.3 is 18.8 Å². The van der Waals surface area contributed by atoms with Crippen LogP contribution in [0.5, 0.6) is 0 Å². The van der Waals surface area contributed by atoms with Gasteiger partial charge in [0.2, 0.25) is 0 Å². The molecule has 224 valence electrons. The summed E-state index contributed by atoms with van der Waals surface area (Å²) in [5, 5.41) is 1.16. The molecule has 4 aromatic rings. The van der Waals surface area contributed by atoms with Crippen molar-refractivity contribution in [2.75, 3.05) is 6.54 Å². The van der Waals surface area contributed by atoms with Crippen molar-refractivity contribution in [3.05, 3.63) is 60.8 Å². The molecule has 3 atom stereocenters. The number of amides is 1. The molecule has 1 aromatic carbocycles. The molecule has 3 aromatic heterocycles. The Morgan fingerprint density at radius 3 is 2.38 bits per heavy atom. The van der Waals surface area contributed by atoms with Gasteiger partial charge in [-0.15, -0.1) is 13.2 Å². The standard InChI is InChI=1S/C30H35N5O.C2H6.C2H4.CH2O/c1-4-12-33-27-18(2)13-23(30(36)34-17-22-9-10-24(22)19(34)3)14-25(27)32-29(33)26-15-21-6-5-11-31-28(21)35(26)16-20-7-8-20;3*1-2/h5-6,11,13-15,19-20,22,24H,4,7-10,12,16-17H2,1-3H3;1-2H3;1-2H2;1H2. The third-order valence-corrected chi connectivity index (χ3v) is 9.03. The monoisotopic (exact) mass is 569 g/mol. The number of carbonyl (C=O) groups is 2. The minimum absolute atomic E-state index is 0.167. The quantitative estimate of drug-likeness (QED) is 0.223. The number of pyridine rings is 1. The summed E-state index contributed by atoms with van der Waals surface area (Å²) in [6.45, 7) is 21.4. The van der Waals surface area contributed by atoms with Crippen LogP contribution in [0.15, 0.2) is 49.7 Å². The van der Waals surface area contributed by atoms with Gasteiger partial charge in [-0.1, -0.05) is 20.8 Å². The van der Waals surface area contributed by atoms with Gasteiger partial charge in [0, 0.05) is 42.8 Å². The van der Waals surface area contributed by atoms with Crippen molar-refractivity contribution in [1.82, 2.24) is 24.0 Å². The van der Waals surface area contributed by atoms with Gasteiger partial charge in [0.1, 0.15) is 12.4 Å². The summed E-state index contributed by atoms with van der Waals surface area (Å²) in [7, 11) is 0. The van der Waals surface area contributed by atoms with E-state index >= 15 is 0 Å². The maximum atomic E-state index is 13.6. The molecule has 7 nitrogen and oxygen atoms in total. The Labute approximate surface area is 250 Å². The first-order chi connectivity index (χ1) is 20.5. The van der Waals surface area contributed by atoms with Gasteiger partial charge in [-0.2, -0.15) is 0 Å².